The number of amides is 2. The van der Waals surface area contributed by atoms with Crippen LogP contribution in [0.2, 0.25) is 0 Å². The Hall–Kier alpha value is -2.02. The van der Waals surface area contributed by atoms with Gasteiger partial charge in [0.25, 0.3) is 0 Å². The van der Waals surface area contributed by atoms with Gasteiger partial charge in [0.2, 0.25) is 11.8 Å². The van der Waals surface area contributed by atoms with Crippen molar-refractivity contribution in [2.24, 2.45) is 17.8 Å². The highest BCUT2D eigenvalue weighted by Crippen LogP contribution is 2.30. The molecule has 7 heteroatoms. The van der Waals surface area contributed by atoms with Crippen LogP contribution in [0.25, 0.3) is 0 Å². The van der Waals surface area contributed by atoms with Crippen LogP contribution in [0.1, 0.15) is 39.7 Å². The first-order chi connectivity index (χ1) is 13.6. The lowest BCUT2D eigenvalue weighted by Gasteiger charge is -2.31. The SMILES string of the molecule is CC(C)C(S)C(=O)N1CCC(Cc2ccccc2)C1C(=O)NC(C(=O)O)C(C)C. The van der Waals surface area contributed by atoms with Crippen LogP contribution in [0.5, 0.6) is 0 Å². The summed E-state index contributed by atoms with van der Waals surface area (Å²) in [4.78, 5) is 39.4. The van der Waals surface area contributed by atoms with E-state index in [2.05, 4.69) is 17.9 Å². The molecule has 29 heavy (non-hydrogen) atoms. The molecule has 0 spiro atoms. The van der Waals surface area contributed by atoms with Gasteiger partial charge in [-0.25, -0.2) is 4.79 Å². The number of benzene rings is 1. The third-order valence-electron chi connectivity index (χ3n) is 5.53. The van der Waals surface area contributed by atoms with Gasteiger partial charge in [-0.3, -0.25) is 9.59 Å². The zero-order valence-electron chi connectivity index (χ0n) is 17.5. The quantitative estimate of drug-likeness (QED) is 0.564. The van der Waals surface area contributed by atoms with Crippen molar-refractivity contribution in [1.82, 2.24) is 10.2 Å². The Morgan fingerprint density at radius 1 is 1.14 bits per heavy atom. The van der Waals surface area contributed by atoms with Crippen LogP contribution >= 0.6 is 12.6 Å². The van der Waals surface area contributed by atoms with E-state index in [1.807, 2.05) is 44.2 Å². The minimum Gasteiger partial charge on any atom is -0.480 e. The monoisotopic (exact) mass is 420 g/mol. The highest BCUT2D eigenvalue weighted by Gasteiger charge is 2.44. The highest BCUT2D eigenvalue weighted by atomic mass is 32.1. The van der Waals surface area contributed by atoms with Crippen molar-refractivity contribution in [3.05, 3.63) is 35.9 Å². The molecule has 1 heterocycles. The fraction of sp³-hybridized carbons (Fsp3) is 0.591. The van der Waals surface area contributed by atoms with Crippen LogP contribution in [0.15, 0.2) is 30.3 Å². The Morgan fingerprint density at radius 3 is 2.28 bits per heavy atom. The molecule has 0 bridgehead atoms. The van der Waals surface area contributed by atoms with Crippen LogP contribution in [0.4, 0.5) is 0 Å². The van der Waals surface area contributed by atoms with E-state index in [9.17, 15) is 19.5 Å². The molecule has 0 aliphatic carbocycles. The van der Waals surface area contributed by atoms with Gasteiger partial charge in [-0.1, -0.05) is 58.0 Å². The second-order valence-corrected chi connectivity index (χ2v) is 9.03. The molecule has 1 aromatic carbocycles. The van der Waals surface area contributed by atoms with Crippen molar-refractivity contribution in [3.63, 3.8) is 0 Å². The number of carboxylic acids is 1. The number of likely N-dealkylation sites (tertiary alicyclic amines) is 1. The molecule has 0 radical (unpaired) electrons. The molecular weight excluding hydrogens is 388 g/mol. The Kier molecular flexibility index (Phi) is 8.14. The molecule has 1 fully saturated rings. The predicted molar refractivity (Wildman–Crippen MR) is 116 cm³/mol. The lowest BCUT2D eigenvalue weighted by Crippen LogP contribution is -2.55. The number of carbonyl (C=O) groups excluding carboxylic acids is 2. The van der Waals surface area contributed by atoms with E-state index in [0.29, 0.717) is 19.4 Å². The highest BCUT2D eigenvalue weighted by molar-refractivity contribution is 7.81. The van der Waals surface area contributed by atoms with E-state index in [1.54, 1.807) is 18.7 Å². The molecule has 4 atom stereocenters. The van der Waals surface area contributed by atoms with Gasteiger partial charge in [0.15, 0.2) is 0 Å². The minimum absolute atomic E-state index is 0.0325. The van der Waals surface area contributed by atoms with Gasteiger partial charge in [0.05, 0.1) is 5.25 Å². The Balaban J connectivity index is 2.28. The first-order valence-electron chi connectivity index (χ1n) is 10.2. The standard InChI is InChI=1S/C22H32N2O4S/c1-13(2)17(22(27)28)23-20(25)18-16(12-15-8-6-5-7-9-15)10-11-24(18)21(26)19(29)14(3)4/h5-9,13-14,16-19,29H,10-12H2,1-4H3,(H,23,25)(H,27,28). The number of aliphatic carboxylic acids is 1. The molecule has 0 aromatic heterocycles. The number of hydrogen-bond acceptors (Lipinski definition) is 4. The maximum Gasteiger partial charge on any atom is 0.326 e. The average Bonchev–Trinajstić information content (AvgIpc) is 3.08. The van der Waals surface area contributed by atoms with Gasteiger partial charge in [-0.05, 0) is 36.2 Å². The summed E-state index contributed by atoms with van der Waals surface area (Å²) in [6, 6.07) is 8.15. The van der Waals surface area contributed by atoms with Crippen LogP contribution in [0.3, 0.4) is 0 Å². The first-order valence-corrected chi connectivity index (χ1v) is 10.7. The lowest BCUT2D eigenvalue weighted by atomic mass is 9.91. The van der Waals surface area contributed by atoms with Crippen LogP contribution in [0, 0.1) is 17.8 Å². The molecule has 160 valence electrons. The van der Waals surface area contributed by atoms with E-state index in [1.165, 1.54) is 0 Å². The number of carbonyl (C=O) groups is 3. The van der Waals surface area contributed by atoms with Crippen molar-refractivity contribution < 1.29 is 19.5 Å². The number of nitrogens with zero attached hydrogens (tertiary/aromatic N) is 1. The summed E-state index contributed by atoms with van der Waals surface area (Å²) in [6.07, 6.45) is 1.35. The molecule has 6 nitrogen and oxygen atoms in total. The lowest BCUT2D eigenvalue weighted by molar-refractivity contribution is -0.145. The molecule has 0 saturated carbocycles. The van der Waals surface area contributed by atoms with E-state index in [4.69, 9.17) is 0 Å². The Bertz CT molecular complexity index is 723. The molecule has 2 rings (SSSR count). The second-order valence-electron chi connectivity index (χ2n) is 8.47. The normalized spacial score (nSPS) is 21.3. The van der Waals surface area contributed by atoms with Crippen molar-refractivity contribution in [1.29, 1.82) is 0 Å². The number of carboxylic acid groups (broad SMARTS) is 1. The molecule has 1 aromatic rings. The van der Waals surface area contributed by atoms with Crippen LogP contribution < -0.4 is 5.32 Å². The van der Waals surface area contributed by atoms with Crippen LogP contribution in [-0.2, 0) is 20.8 Å². The molecule has 4 unspecified atom stereocenters. The minimum atomic E-state index is -1.07. The Labute approximate surface area is 178 Å². The molecule has 1 aliphatic heterocycles. The smallest absolute Gasteiger partial charge is 0.326 e. The fourth-order valence-corrected chi connectivity index (χ4v) is 3.95. The van der Waals surface area contributed by atoms with Gasteiger partial charge >= 0.3 is 5.97 Å². The van der Waals surface area contributed by atoms with E-state index in [-0.39, 0.29) is 23.7 Å². The molecule has 1 saturated heterocycles. The van der Waals surface area contributed by atoms with Gasteiger partial charge in [-0.2, -0.15) is 12.6 Å². The van der Waals surface area contributed by atoms with Gasteiger partial charge in [0.1, 0.15) is 12.1 Å². The number of rotatable bonds is 8. The van der Waals surface area contributed by atoms with Crippen molar-refractivity contribution in [3.8, 4) is 0 Å². The van der Waals surface area contributed by atoms with Gasteiger partial charge in [-0.15, -0.1) is 0 Å². The van der Waals surface area contributed by atoms with Crippen molar-refractivity contribution in [2.75, 3.05) is 6.54 Å². The third-order valence-corrected chi connectivity index (χ3v) is 6.35. The fourth-order valence-electron chi connectivity index (χ4n) is 3.80. The maximum atomic E-state index is 13.2. The van der Waals surface area contributed by atoms with Crippen molar-refractivity contribution >= 4 is 30.4 Å². The van der Waals surface area contributed by atoms with E-state index >= 15 is 0 Å². The van der Waals surface area contributed by atoms with E-state index < -0.39 is 29.2 Å². The third kappa shape index (κ3) is 5.75. The number of nitrogens with one attached hydrogen (secondary N) is 1. The maximum absolute atomic E-state index is 13.2. The first kappa shape index (κ1) is 23.3. The second kappa shape index (κ2) is 10.1. The molecule has 1 aliphatic rings. The summed E-state index contributed by atoms with van der Waals surface area (Å²) < 4.78 is 0. The topological polar surface area (TPSA) is 86.7 Å². The number of hydrogen-bond donors (Lipinski definition) is 3. The van der Waals surface area contributed by atoms with Crippen LogP contribution in [-0.4, -0.2) is 51.7 Å². The molecule has 2 amide bonds. The molecular formula is C22H32N2O4S. The average molecular weight is 421 g/mol. The summed E-state index contributed by atoms with van der Waals surface area (Å²) in [5, 5.41) is 11.6. The van der Waals surface area contributed by atoms with E-state index in [0.717, 1.165) is 5.56 Å². The zero-order chi connectivity index (χ0) is 21.7. The number of thiol groups is 1. The predicted octanol–water partition coefficient (Wildman–Crippen LogP) is 2.63. The van der Waals surface area contributed by atoms with Crippen molar-refractivity contribution in [2.45, 2.75) is 57.9 Å². The summed E-state index contributed by atoms with van der Waals surface area (Å²) in [5.74, 6) is -1.95. The summed E-state index contributed by atoms with van der Waals surface area (Å²) in [5.41, 5.74) is 1.09. The summed E-state index contributed by atoms with van der Waals surface area (Å²) in [6.45, 7) is 7.81. The Morgan fingerprint density at radius 2 is 1.76 bits per heavy atom. The zero-order valence-corrected chi connectivity index (χ0v) is 18.4. The summed E-state index contributed by atoms with van der Waals surface area (Å²) in [7, 11) is 0. The molecule has 2 N–H and O–H groups in total. The summed E-state index contributed by atoms with van der Waals surface area (Å²) >= 11 is 4.45. The largest absolute Gasteiger partial charge is 0.480 e. The van der Waals surface area contributed by atoms with Gasteiger partial charge < -0.3 is 15.3 Å². The van der Waals surface area contributed by atoms with Gasteiger partial charge in [0, 0.05) is 6.54 Å².